The monoisotopic (exact) mass is 342 g/mol. The van der Waals surface area contributed by atoms with Crippen LogP contribution in [-0.2, 0) is 4.74 Å². The summed E-state index contributed by atoms with van der Waals surface area (Å²) in [7, 11) is 0. The van der Waals surface area contributed by atoms with Crippen molar-refractivity contribution < 1.29 is 4.74 Å². The number of likely N-dealkylation sites (tertiary alicyclic amines) is 1. The van der Waals surface area contributed by atoms with Gasteiger partial charge in [-0.2, -0.15) is 0 Å². The van der Waals surface area contributed by atoms with Crippen molar-refractivity contribution in [2.45, 2.75) is 56.6 Å². The summed E-state index contributed by atoms with van der Waals surface area (Å²) in [5.41, 5.74) is 0.0632. The second-order valence-electron chi connectivity index (χ2n) is 7.89. The van der Waals surface area contributed by atoms with E-state index in [1.807, 2.05) is 6.07 Å². The number of hydrogen-bond acceptors (Lipinski definition) is 5. The molecule has 1 aliphatic carbocycles. The Hall–Kier alpha value is -1.46. The largest absolute Gasteiger partial charge is 0.375 e. The van der Waals surface area contributed by atoms with Gasteiger partial charge in [-0.25, -0.2) is 9.97 Å². The molecule has 1 aromatic rings. The average molecular weight is 342 g/mol. The topological polar surface area (TPSA) is 50.3 Å². The SMILES string of the molecule is C1=CC[C@H](CN2CCC3(CC2)C[C@H](Nc2ncccn2)CCO3)CC1. The summed E-state index contributed by atoms with van der Waals surface area (Å²) in [6.45, 7) is 4.46. The maximum absolute atomic E-state index is 6.29. The number of hydrogen-bond donors (Lipinski definition) is 1. The second kappa shape index (κ2) is 7.83. The van der Waals surface area contributed by atoms with Crippen molar-refractivity contribution >= 4 is 5.95 Å². The van der Waals surface area contributed by atoms with Crippen LogP contribution in [0.1, 0.15) is 44.9 Å². The molecule has 2 saturated heterocycles. The third-order valence-corrected chi connectivity index (χ3v) is 6.05. The van der Waals surface area contributed by atoms with Crippen molar-refractivity contribution in [3.8, 4) is 0 Å². The van der Waals surface area contributed by atoms with E-state index >= 15 is 0 Å². The molecule has 5 nitrogen and oxygen atoms in total. The van der Waals surface area contributed by atoms with Crippen LogP contribution in [0.5, 0.6) is 0 Å². The van der Waals surface area contributed by atoms with Gasteiger partial charge in [-0.15, -0.1) is 0 Å². The van der Waals surface area contributed by atoms with Gasteiger partial charge in [-0.1, -0.05) is 12.2 Å². The number of allylic oxidation sites excluding steroid dienone is 2. The molecule has 25 heavy (non-hydrogen) atoms. The number of nitrogens with zero attached hydrogens (tertiary/aromatic N) is 3. The molecule has 5 heteroatoms. The zero-order chi connectivity index (χ0) is 17.0. The summed E-state index contributed by atoms with van der Waals surface area (Å²) < 4.78 is 6.29. The number of aromatic nitrogens is 2. The van der Waals surface area contributed by atoms with Gasteiger partial charge in [0.15, 0.2) is 0 Å². The third-order valence-electron chi connectivity index (χ3n) is 6.05. The lowest BCUT2D eigenvalue weighted by atomic mass is 9.82. The first kappa shape index (κ1) is 17.0. The van der Waals surface area contributed by atoms with Gasteiger partial charge in [0.2, 0.25) is 5.95 Å². The highest BCUT2D eigenvalue weighted by Crippen LogP contribution is 2.36. The van der Waals surface area contributed by atoms with Gasteiger partial charge in [-0.3, -0.25) is 0 Å². The smallest absolute Gasteiger partial charge is 0.222 e. The van der Waals surface area contributed by atoms with E-state index in [0.717, 1.165) is 44.2 Å². The zero-order valence-corrected chi connectivity index (χ0v) is 15.1. The van der Waals surface area contributed by atoms with Gasteiger partial charge < -0.3 is 15.0 Å². The summed E-state index contributed by atoms with van der Waals surface area (Å²) in [6.07, 6.45) is 16.6. The van der Waals surface area contributed by atoms with E-state index in [9.17, 15) is 0 Å². The Morgan fingerprint density at radius 1 is 1.16 bits per heavy atom. The minimum atomic E-state index is 0.0632. The van der Waals surface area contributed by atoms with Crippen LogP contribution in [0, 0.1) is 5.92 Å². The van der Waals surface area contributed by atoms with Gasteiger partial charge in [0.05, 0.1) is 5.60 Å². The summed E-state index contributed by atoms with van der Waals surface area (Å²) in [6, 6.07) is 2.28. The molecule has 2 fully saturated rings. The predicted octanol–water partition coefficient (Wildman–Crippen LogP) is 3.26. The molecule has 0 radical (unpaired) electrons. The molecule has 2 atom stereocenters. The van der Waals surface area contributed by atoms with Crippen molar-refractivity contribution in [3.63, 3.8) is 0 Å². The van der Waals surface area contributed by atoms with Crippen molar-refractivity contribution in [2.24, 2.45) is 5.92 Å². The fourth-order valence-electron chi connectivity index (χ4n) is 4.59. The summed E-state index contributed by atoms with van der Waals surface area (Å²) in [5, 5.41) is 3.51. The van der Waals surface area contributed by atoms with Crippen molar-refractivity contribution in [1.29, 1.82) is 0 Å². The van der Waals surface area contributed by atoms with Crippen LogP contribution in [-0.4, -0.2) is 52.8 Å². The van der Waals surface area contributed by atoms with Crippen LogP contribution in [0.15, 0.2) is 30.6 Å². The number of rotatable bonds is 4. The minimum absolute atomic E-state index is 0.0632. The van der Waals surface area contributed by atoms with Gasteiger partial charge in [-0.05, 0) is 56.9 Å². The fraction of sp³-hybridized carbons (Fsp3) is 0.700. The van der Waals surface area contributed by atoms with Crippen LogP contribution in [0.2, 0.25) is 0 Å². The van der Waals surface area contributed by atoms with E-state index in [2.05, 4.69) is 32.3 Å². The molecule has 136 valence electrons. The van der Waals surface area contributed by atoms with Gasteiger partial charge in [0, 0.05) is 44.7 Å². The third kappa shape index (κ3) is 4.39. The lowest BCUT2D eigenvalue weighted by molar-refractivity contribution is -0.115. The first-order valence-electron chi connectivity index (χ1n) is 9.86. The van der Waals surface area contributed by atoms with E-state index in [-0.39, 0.29) is 5.60 Å². The maximum Gasteiger partial charge on any atom is 0.222 e. The molecule has 2 aliphatic heterocycles. The molecule has 0 amide bonds. The molecule has 1 aromatic heterocycles. The van der Waals surface area contributed by atoms with Gasteiger partial charge >= 0.3 is 0 Å². The van der Waals surface area contributed by atoms with Crippen LogP contribution in [0.4, 0.5) is 5.95 Å². The Morgan fingerprint density at radius 2 is 2.00 bits per heavy atom. The average Bonchev–Trinajstić information content (AvgIpc) is 2.66. The van der Waals surface area contributed by atoms with Gasteiger partial charge in [0.1, 0.15) is 0 Å². The molecule has 1 spiro atoms. The molecule has 3 aliphatic rings. The predicted molar refractivity (Wildman–Crippen MR) is 99.5 cm³/mol. The summed E-state index contributed by atoms with van der Waals surface area (Å²) in [4.78, 5) is 11.3. The maximum atomic E-state index is 6.29. The fourth-order valence-corrected chi connectivity index (χ4v) is 4.59. The molecular formula is C20H30N4O. The molecule has 3 heterocycles. The molecule has 4 rings (SSSR count). The summed E-state index contributed by atoms with van der Waals surface area (Å²) >= 11 is 0. The van der Waals surface area contributed by atoms with Crippen molar-refractivity contribution in [2.75, 3.05) is 31.6 Å². The standard InChI is InChI=1S/C20H30N4O/c1-2-5-17(6-3-1)16-24-12-8-20(9-13-24)15-18(7-14-25-20)23-19-21-10-4-11-22-19/h1-2,4,10-11,17-18H,3,5-9,12-16H2,(H,21,22,23)/t17-,18+/m0/s1. The quantitative estimate of drug-likeness (QED) is 0.851. The zero-order valence-electron chi connectivity index (χ0n) is 15.1. The number of ether oxygens (including phenoxy) is 1. The molecule has 1 N–H and O–H groups in total. The van der Waals surface area contributed by atoms with E-state index in [0.29, 0.717) is 6.04 Å². The molecule has 0 unspecified atom stereocenters. The molecule has 0 saturated carbocycles. The Bertz CT molecular complexity index is 568. The Labute approximate surface area is 150 Å². The lowest BCUT2D eigenvalue weighted by Crippen LogP contribution is -2.52. The molecule has 0 bridgehead atoms. The van der Waals surface area contributed by atoms with Crippen LogP contribution in [0.3, 0.4) is 0 Å². The van der Waals surface area contributed by atoms with Crippen LogP contribution < -0.4 is 5.32 Å². The van der Waals surface area contributed by atoms with E-state index < -0.39 is 0 Å². The van der Waals surface area contributed by atoms with Crippen molar-refractivity contribution in [3.05, 3.63) is 30.6 Å². The Kier molecular flexibility index (Phi) is 5.32. The Morgan fingerprint density at radius 3 is 2.76 bits per heavy atom. The number of nitrogens with one attached hydrogen (secondary N) is 1. The number of anilines is 1. The Balaban J connectivity index is 1.28. The highest BCUT2D eigenvalue weighted by molar-refractivity contribution is 5.25. The summed E-state index contributed by atoms with van der Waals surface area (Å²) in [5.74, 6) is 1.60. The number of piperidine rings is 1. The highest BCUT2D eigenvalue weighted by Gasteiger charge is 2.40. The van der Waals surface area contributed by atoms with Gasteiger partial charge in [0.25, 0.3) is 0 Å². The van der Waals surface area contributed by atoms with Crippen LogP contribution >= 0.6 is 0 Å². The first-order valence-corrected chi connectivity index (χ1v) is 9.86. The van der Waals surface area contributed by atoms with Crippen LogP contribution in [0.25, 0.3) is 0 Å². The molecular weight excluding hydrogens is 312 g/mol. The molecule has 0 aromatic carbocycles. The second-order valence-corrected chi connectivity index (χ2v) is 7.89. The normalized spacial score (nSPS) is 29.6. The minimum Gasteiger partial charge on any atom is -0.375 e. The lowest BCUT2D eigenvalue weighted by Gasteiger charge is -2.46. The highest BCUT2D eigenvalue weighted by atomic mass is 16.5. The van der Waals surface area contributed by atoms with E-state index in [1.54, 1.807) is 12.4 Å². The van der Waals surface area contributed by atoms with E-state index in [4.69, 9.17) is 4.74 Å². The van der Waals surface area contributed by atoms with E-state index in [1.165, 1.54) is 38.9 Å². The van der Waals surface area contributed by atoms with Crippen molar-refractivity contribution in [1.82, 2.24) is 14.9 Å². The first-order chi connectivity index (χ1) is 12.3.